The van der Waals surface area contributed by atoms with Crippen molar-refractivity contribution in [3.63, 3.8) is 0 Å². The zero-order valence-electron chi connectivity index (χ0n) is 20.9. The molecule has 0 bridgehead atoms. The van der Waals surface area contributed by atoms with Crippen molar-refractivity contribution in [2.75, 3.05) is 0 Å². The molecule has 3 aliphatic carbocycles. The summed E-state index contributed by atoms with van der Waals surface area (Å²) < 4.78 is 65.9. The van der Waals surface area contributed by atoms with Gasteiger partial charge in [-0.05, 0) is 117 Å². The minimum absolute atomic E-state index is 0.134. The Morgan fingerprint density at radius 1 is 0.800 bits per heavy atom. The standard InChI is InChI=1S/C30H39F5/c1-2-3-20-4-6-21(7-5-20)22-8-10-23(11-9-22)24-12-14-25(15-13-24)26-18-28(31)27(29(32)19-26)16-17-30(33,34)35/h14,16-24H,2-13,15H2,1H3/b17-16+. The lowest BCUT2D eigenvalue weighted by molar-refractivity contribution is -0.0790. The van der Waals surface area contributed by atoms with Crippen molar-refractivity contribution in [2.45, 2.75) is 96.6 Å². The molecule has 0 saturated heterocycles. The first-order valence-electron chi connectivity index (χ1n) is 13.7. The highest BCUT2D eigenvalue weighted by Gasteiger charge is 2.33. The van der Waals surface area contributed by atoms with Gasteiger partial charge in [-0.2, -0.15) is 13.2 Å². The molecule has 0 amide bonds. The summed E-state index contributed by atoms with van der Waals surface area (Å²) in [6.45, 7) is 2.30. The van der Waals surface area contributed by atoms with Gasteiger partial charge in [-0.3, -0.25) is 0 Å². The van der Waals surface area contributed by atoms with Crippen molar-refractivity contribution >= 4 is 11.6 Å². The molecule has 5 heteroatoms. The van der Waals surface area contributed by atoms with E-state index in [0.717, 1.165) is 48.5 Å². The van der Waals surface area contributed by atoms with E-state index in [9.17, 15) is 22.0 Å². The molecule has 0 N–H and O–H groups in total. The molecule has 1 unspecified atom stereocenters. The summed E-state index contributed by atoms with van der Waals surface area (Å²) in [7, 11) is 0. The Balaban J connectivity index is 1.29. The van der Waals surface area contributed by atoms with E-state index >= 15 is 0 Å². The molecule has 4 rings (SSSR count). The molecule has 0 radical (unpaired) electrons. The van der Waals surface area contributed by atoms with Gasteiger partial charge < -0.3 is 0 Å². The topological polar surface area (TPSA) is 0 Å². The highest BCUT2D eigenvalue weighted by molar-refractivity contribution is 5.68. The van der Waals surface area contributed by atoms with Gasteiger partial charge >= 0.3 is 6.18 Å². The van der Waals surface area contributed by atoms with E-state index in [1.165, 1.54) is 76.3 Å². The molecule has 194 valence electrons. The lowest BCUT2D eigenvalue weighted by Gasteiger charge is -2.40. The van der Waals surface area contributed by atoms with E-state index < -0.39 is 23.4 Å². The van der Waals surface area contributed by atoms with Crippen LogP contribution < -0.4 is 0 Å². The predicted octanol–water partition coefficient (Wildman–Crippen LogP) is 10.1. The molecule has 0 aliphatic heterocycles. The van der Waals surface area contributed by atoms with Gasteiger partial charge in [0, 0.05) is 11.6 Å². The van der Waals surface area contributed by atoms with E-state index in [-0.39, 0.29) is 6.08 Å². The summed E-state index contributed by atoms with van der Waals surface area (Å²) in [4.78, 5) is 0. The maximum atomic E-state index is 14.4. The molecule has 1 atom stereocenters. The third-order valence-electron chi connectivity index (χ3n) is 9.08. The average Bonchev–Trinajstić information content (AvgIpc) is 2.84. The van der Waals surface area contributed by atoms with Crippen LogP contribution in [0.5, 0.6) is 0 Å². The summed E-state index contributed by atoms with van der Waals surface area (Å²) in [5.41, 5.74) is 0.712. The van der Waals surface area contributed by atoms with E-state index in [1.807, 2.05) is 0 Å². The molecular weight excluding hydrogens is 455 g/mol. The largest absolute Gasteiger partial charge is 0.409 e. The number of hydrogen-bond acceptors (Lipinski definition) is 0. The van der Waals surface area contributed by atoms with Gasteiger partial charge in [0.2, 0.25) is 0 Å². The first-order chi connectivity index (χ1) is 16.7. The third-order valence-corrected chi connectivity index (χ3v) is 9.08. The molecule has 35 heavy (non-hydrogen) atoms. The Hall–Kier alpha value is -1.65. The highest BCUT2D eigenvalue weighted by Crippen LogP contribution is 2.46. The molecule has 2 saturated carbocycles. The lowest BCUT2D eigenvalue weighted by atomic mass is 9.65. The zero-order chi connectivity index (χ0) is 25.0. The average molecular weight is 495 g/mol. The van der Waals surface area contributed by atoms with Gasteiger partial charge in [-0.1, -0.05) is 38.7 Å². The van der Waals surface area contributed by atoms with E-state index in [2.05, 4.69) is 13.0 Å². The van der Waals surface area contributed by atoms with Crippen molar-refractivity contribution < 1.29 is 22.0 Å². The van der Waals surface area contributed by atoms with Crippen molar-refractivity contribution in [2.24, 2.45) is 29.6 Å². The molecule has 0 spiro atoms. The summed E-state index contributed by atoms with van der Waals surface area (Å²) in [5.74, 6) is 2.26. The molecule has 3 aliphatic rings. The zero-order valence-corrected chi connectivity index (χ0v) is 20.9. The summed E-state index contributed by atoms with van der Waals surface area (Å²) in [6.07, 6.45) is 14.3. The molecule has 1 aromatic carbocycles. The number of alkyl halides is 3. The number of benzene rings is 1. The van der Waals surface area contributed by atoms with Crippen LogP contribution in [0.3, 0.4) is 0 Å². The van der Waals surface area contributed by atoms with Crippen LogP contribution in [0.25, 0.3) is 11.6 Å². The van der Waals surface area contributed by atoms with Gasteiger partial charge in [-0.15, -0.1) is 0 Å². The Morgan fingerprint density at radius 2 is 1.34 bits per heavy atom. The van der Waals surface area contributed by atoms with Crippen molar-refractivity contribution in [1.82, 2.24) is 0 Å². The fourth-order valence-corrected chi connectivity index (χ4v) is 7.10. The summed E-state index contributed by atoms with van der Waals surface area (Å²) >= 11 is 0. The van der Waals surface area contributed by atoms with Crippen molar-refractivity contribution in [3.8, 4) is 0 Å². The van der Waals surface area contributed by atoms with Crippen LogP contribution in [0, 0.1) is 41.2 Å². The maximum Gasteiger partial charge on any atom is 0.409 e. The SMILES string of the molecule is CCCC1CCC(C2CCC(C3CC=C(c4cc(F)c(/C=C/C(F)(F)F)c(F)c4)CC3)CC2)CC1. The predicted molar refractivity (Wildman–Crippen MR) is 133 cm³/mol. The Morgan fingerprint density at radius 3 is 1.83 bits per heavy atom. The molecule has 0 nitrogen and oxygen atoms in total. The monoisotopic (exact) mass is 494 g/mol. The van der Waals surface area contributed by atoms with Crippen LogP contribution >= 0.6 is 0 Å². The quantitative estimate of drug-likeness (QED) is 0.345. The van der Waals surface area contributed by atoms with Crippen LogP contribution in [-0.2, 0) is 0 Å². The first-order valence-corrected chi connectivity index (χ1v) is 13.7. The fraction of sp³-hybridized carbons (Fsp3) is 0.667. The van der Waals surface area contributed by atoms with Crippen LogP contribution in [-0.4, -0.2) is 6.18 Å². The minimum atomic E-state index is -4.61. The molecule has 0 aromatic heterocycles. The van der Waals surface area contributed by atoms with Gasteiger partial charge in [0.15, 0.2) is 0 Å². The first kappa shape index (κ1) is 26.4. The number of halogens is 5. The summed E-state index contributed by atoms with van der Waals surface area (Å²) in [6, 6.07) is 2.34. The van der Waals surface area contributed by atoms with Crippen LogP contribution in [0.4, 0.5) is 22.0 Å². The van der Waals surface area contributed by atoms with Gasteiger partial charge in [0.25, 0.3) is 0 Å². The van der Waals surface area contributed by atoms with E-state index in [4.69, 9.17) is 0 Å². The van der Waals surface area contributed by atoms with Crippen molar-refractivity contribution in [3.05, 3.63) is 47.0 Å². The highest BCUT2D eigenvalue weighted by atomic mass is 19.4. The van der Waals surface area contributed by atoms with Crippen LogP contribution in [0.1, 0.15) is 102 Å². The molecule has 0 heterocycles. The minimum Gasteiger partial charge on any atom is -0.206 e. The van der Waals surface area contributed by atoms with Gasteiger partial charge in [-0.25, -0.2) is 8.78 Å². The number of allylic oxidation sites excluding steroid dienone is 3. The second kappa shape index (κ2) is 11.6. The van der Waals surface area contributed by atoms with Crippen LogP contribution in [0.15, 0.2) is 24.3 Å². The Labute approximate surface area is 207 Å². The molecule has 1 aromatic rings. The van der Waals surface area contributed by atoms with Gasteiger partial charge in [0.1, 0.15) is 11.6 Å². The smallest absolute Gasteiger partial charge is 0.206 e. The normalized spacial score (nSPS) is 30.5. The summed E-state index contributed by atoms with van der Waals surface area (Å²) in [5, 5.41) is 0. The fourth-order valence-electron chi connectivity index (χ4n) is 7.10. The third kappa shape index (κ3) is 6.98. The lowest BCUT2D eigenvalue weighted by Crippen LogP contribution is -2.28. The number of rotatable bonds is 6. The van der Waals surface area contributed by atoms with Crippen LogP contribution in [0.2, 0.25) is 0 Å². The van der Waals surface area contributed by atoms with E-state index in [0.29, 0.717) is 17.6 Å². The Bertz CT molecular complexity index is 873. The second-order valence-electron chi connectivity index (χ2n) is 11.2. The number of hydrogen-bond donors (Lipinski definition) is 0. The molecular formula is C30H39F5. The Kier molecular flexibility index (Phi) is 8.76. The molecule has 2 fully saturated rings. The second-order valence-corrected chi connectivity index (χ2v) is 11.2. The van der Waals surface area contributed by atoms with E-state index in [1.54, 1.807) is 0 Å². The maximum absolute atomic E-state index is 14.4. The van der Waals surface area contributed by atoms with Gasteiger partial charge in [0.05, 0.1) is 0 Å². The van der Waals surface area contributed by atoms with Crippen molar-refractivity contribution in [1.29, 1.82) is 0 Å².